The Hall–Kier alpha value is -1.35. The van der Waals surface area contributed by atoms with E-state index < -0.39 is 0 Å². The van der Waals surface area contributed by atoms with Crippen LogP contribution < -0.4 is 0 Å². The lowest BCUT2D eigenvalue weighted by Gasteiger charge is -1.98. The molecule has 0 bridgehead atoms. The van der Waals surface area contributed by atoms with Crippen molar-refractivity contribution < 1.29 is 4.74 Å². The summed E-state index contributed by atoms with van der Waals surface area (Å²) in [6, 6.07) is 3.96. The Kier molecular flexibility index (Phi) is 2.05. The molecule has 0 saturated heterocycles. The normalized spacial score (nSPS) is 15.2. The number of rotatable bonds is 1. The maximum Gasteiger partial charge on any atom is 0.235 e. The maximum atomic E-state index is 5.26. The number of aliphatic imine (C=N–C) groups is 1. The predicted octanol–water partition coefficient (Wildman–Crippen LogP) is 2.55. The Labute approximate surface area is 74.5 Å². The van der Waals surface area contributed by atoms with Gasteiger partial charge in [-0.3, -0.25) is 0 Å². The summed E-state index contributed by atoms with van der Waals surface area (Å²) in [5.41, 5.74) is 0. The molecule has 0 radical (unpaired) electrons. The van der Waals surface area contributed by atoms with Crippen molar-refractivity contribution in [2.45, 2.75) is 0 Å². The second-order valence-corrected chi connectivity index (χ2v) is 3.15. The molecule has 0 unspecified atom stereocenters. The van der Waals surface area contributed by atoms with E-state index in [1.54, 1.807) is 23.8 Å². The molecule has 2 heterocycles. The first-order valence-electron chi connectivity index (χ1n) is 3.57. The number of hydrogen-bond donors (Lipinski definition) is 0. The molecule has 60 valence electrons. The molecule has 0 aliphatic carbocycles. The van der Waals surface area contributed by atoms with Gasteiger partial charge in [-0.15, -0.1) is 11.3 Å². The topological polar surface area (TPSA) is 21.6 Å². The second-order valence-electron chi connectivity index (χ2n) is 2.20. The van der Waals surface area contributed by atoms with E-state index in [4.69, 9.17) is 4.74 Å². The van der Waals surface area contributed by atoms with Gasteiger partial charge in [-0.25, -0.2) is 4.99 Å². The minimum atomic E-state index is 0.662. The molecule has 2 rings (SSSR count). The first kappa shape index (κ1) is 7.31. The zero-order valence-corrected chi connectivity index (χ0v) is 7.12. The number of hydrogen-bond acceptors (Lipinski definition) is 3. The zero-order chi connectivity index (χ0) is 8.23. The fourth-order valence-corrected chi connectivity index (χ4v) is 1.52. The Bertz CT molecular complexity index is 335. The molecule has 0 fully saturated rings. The summed E-state index contributed by atoms with van der Waals surface area (Å²) < 4.78 is 5.26. The van der Waals surface area contributed by atoms with Crippen molar-refractivity contribution in [3.8, 4) is 0 Å². The van der Waals surface area contributed by atoms with E-state index in [9.17, 15) is 0 Å². The van der Waals surface area contributed by atoms with Crippen LogP contribution in [0.2, 0.25) is 0 Å². The molecule has 0 amide bonds. The molecule has 1 aromatic heterocycles. The SMILES string of the molecule is C1=CN=C(c2cccs2)OC=C1. The summed E-state index contributed by atoms with van der Waals surface area (Å²) in [5.74, 6) is 0.662. The number of ether oxygens (including phenoxy) is 1. The quantitative estimate of drug-likeness (QED) is 0.646. The van der Waals surface area contributed by atoms with Gasteiger partial charge in [-0.2, -0.15) is 0 Å². The van der Waals surface area contributed by atoms with Crippen LogP contribution in [0.15, 0.2) is 47.1 Å². The lowest BCUT2D eigenvalue weighted by Crippen LogP contribution is -1.97. The van der Waals surface area contributed by atoms with E-state index in [2.05, 4.69) is 4.99 Å². The van der Waals surface area contributed by atoms with Gasteiger partial charge in [0.25, 0.3) is 0 Å². The van der Waals surface area contributed by atoms with E-state index in [1.165, 1.54) is 0 Å². The highest BCUT2D eigenvalue weighted by molar-refractivity contribution is 7.12. The summed E-state index contributed by atoms with van der Waals surface area (Å²) in [5, 5.41) is 2.00. The largest absolute Gasteiger partial charge is 0.446 e. The van der Waals surface area contributed by atoms with E-state index in [-0.39, 0.29) is 0 Å². The zero-order valence-electron chi connectivity index (χ0n) is 6.31. The van der Waals surface area contributed by atoms with E-state index in [0.717, 1.165) is 4.88 Å². The Morgan fingerprint density at radius 2 is 2.33 bits per heavy atom. The summed E-state index contributed by atoms with van der Waals surface area (Å²) >= 11 is 1.62. The van der Waals surface area contributed by atoms with Crippen molar-refractivity contribution in [1.82, 2.24) is 0 Å². The molecule has 0 atom stereocenters. The minimum absolute atomic E-state index is 0.662. The summed E-state index contributed by atoms with van der Waals surface area (Å²) in [7, 11) is 0. The molecule has 1 aliphatic heterocycles. The fraction of sp³-hybridized carbons (Fsp3) is 0. The number of thiophene rings is 1. The molecule has 0 aromatic carbocycles. The average molecular weight is 177 g/mol. The van der Waals surface area contributed by atoms with Crippen LogP contribution >= 0.6 is 11.3 Å². The smallest absolute Gasteiger partial charge is 0.235 e. The molecule has 1 aliphatic rings. The van der Waals surface area contributed by atoms with Crippen LogP contribution in [-0.2, 0) is 4.74 Å². The van der Waals surface area contributed by atoms with E-state index in [0.29, 0.717) is 5.90 Å². The predicted molar refractivity (Wildman–Crippen MR) is 50.2 cm³/mol. The summed E-state index contributed by atoms with van der Waals surface area (Å²) in [4.78, 5) is 5.17. The van der Waals surface area contributed by atoms with Crippen molar-refractivity contribution in [3.63, 3.8) is 0 Å². The van der Waals surface area contributed by atoms with Crippen LogP contribution in [0, 0.1) is 0 Å². The number of nitrogens with zero attached hydrogens (tertiary/aromatic N) is 1. The first-order chi connectivity index (χ1) is 5.97. The third kappa shape index (κ3) is 1.46. The molecule has 0 N–H and O–H groups in total. The summed E-state index contributed by atoms with van der Waals surface area (Å²) in [6.45, 7) is 0. The molecular weight excluding hydrogens is 170 g/mol. The Balaban J connectivity index is 2.30. The van der Waals surface area contributed by atoms with Gasteiger partial charge in [0.2, 0.25) is 5.90 Å². The molecular formula is C9H7NOS. The molecule has 12 heavy (non-hydrogen) atoms. The van der Waals surface area contributed by atoms with Crippen molar-refractivity contribution in [2.24, 2.45) is 4.99 Å². The van der Waals surface area contributed by atoms with Crippen LogP contribution in [0.5, 0.6) is 0 Å². The molecule has 3 heteroatoms. The monoisotopic (exact) mass is 177 g/mol. The Morgan fingerprint density at radius 1 is 1.33 bits per heavy atom. The van der Waals surface area contributed by atoms with E-state index >= 15 is 0 Å². The van der Waals surface area contributed by atoms with Crippen LogP contribution in [0.1, 0.15) is 4.88 Å². The van der Waals surface area contributed by atoms with Gasteiger partial charge in [0.05, 0.1) is 11.1 Å². The van der Waals surface area contributed by atoms with Crippen LogP contribution in [0.4, 0.5) is 0 Å². The van der Waals surface area contributed by atoms with Crippen LogP contribution in [0.25, 0.3) is 0 Å². The van der Waals surface area contributed by atoms with Gasteiger partial charge in [0.15, 0.2) is 0 Å². The second kappa shape index (κ2) is 3.36. The maximum absolute atomic E-state index is 5.26. The van der Waals surface area contributed by atoms with Gasteiger partial charge >= 0.3 is 0 Å². The first-order valence-corrected chi connectivity index (χ1v) is 4.45. The van der Waals surface area contributed by atoms with Crippen molar-refractivity contribution in [1.29, 1.82) is 0 Å². The molecule has 2 nitrogen and oxygen atoms in total. The van der Waals surface area contributed by atoms with Gasteiger partial charge in [0, 0.05) is 6.20 Å². The van der Waals surface area contributed by atoms with Crippen LogP contribution in [-0.4, -0.2) is 5.90 Å². The van der Waals surface area contributed by atoms with Gasteiger partial charge in [-0.05, 0) is 23.6 Å². The third-order valence-corrected chi connectivity index (χ3v) is 2.24. The van der Waals surface area contributed by atoms with Gasteiger partial charge in [-0.1, -0.05) is 6.07 Å². The van der Waals surface area contributed by atoms with E-state index in [1.807, 2.05) is 29.7 Å². The standard InChI is InChI=1S/C9H7NOS/c1-2-6-11-9(10-5-1)8-4-3-7-12-8/h1-7H. The lowest BCUT2D eigenvalue weighted by molar-refractivity contribution is 0.476. The van der Waals surface area contributed by atoms with Gasteiger partial charge < -0.3 is 4.74 Å². The third-order valence-electron chi connectivity index (χ3n) is 1.38. The highest BCUT2D eigenvalue weighted by atomic mass is 32.1. The molecule has 0 spiro atoms. The Morgan fingerprint density at radius 3 is 3.17 bits per heavy atom. The highest BCUT2D eigenvalue weighted by Gasteiger charge is 2.03. The van der Waals surface area contributed by atoms with Gasteiger partial charge in [0.1, 0.15) is 0 Å². The number of allylic oxidation sites excluding steroid dienone is 2. The molecule has 0 saturated carbocycles. The van der Waals surface area contributed by atoms with Crippen molar-refractivity contribution >= 4 is 17.2 Å². The van der Waals surface area contributed by atoms with Crippen molar-refractivity contribution in [3.05, 3.63) is 47.0 Å². The highest BCUT2D eigenvalue weighted by Crippen LogP contribution is 2.12. The summed E-state index contributed by atoms with van der Waals surface area (Å²) in [6.07, 6.45) is 6.99. The lowest BCUT2D eigenvalue weighted by atomic mass is 10.5. The fourth-order valence-electron chi connectivity index (χ4n) is 0.862. The van der Waals surface area contributed by atoms with Crippen molar-refractivity contribution in [2.75, 3.05) is 0 Å². The molecule has 1 aromatic rings. The minimum Gasteiger partial charge on any atom is -0.446 e. The van der Waals surface area contributed by atoms with Crippen LogP contribution in [0.3, 0.4) is 0 Å². The average Bonchev–Trinajstić information content (AvgIpc) is 2.48.